The van der Waals surface area contributed by atoms with Gasteiger partial charge in [-0.05, 0) is 44.2 Å². The van der Waals surface area contributed by atoms with Gasteiger partial charge in [-0.25, -0.2) is 9.97 Å². The van der Waals surface area contributed by atoms with Crippen molar-refractivity contribution >= 4 is 5.91 Å². The SMILES string of the molecule is Cc1nc(CCNC(=O)[C@@H](C)Cn2cccn2)nc2c1CCCC2. The molecule has 2 aromatic heterocycles. The molecular formula is C18H25N5O. The minimum Gasteiger partial charge on any atom is -0.355 e. The summed E-state index contributed by atoms with van der Waals surface area (Å²) in [5.74, 6) is 0.768. The first-order valence-corrected chi connectivity index (χ1v) is 8.74. The summed E-state index contributed by atoms with van der Waals surface area (Å²) in [6.45, 7) is 5.14. The van der Waals surface area contributed by atoms with E-state index in [9.17, 15) is 4.79 Å². The molecule has 1 atom stereocenters. The van der Waals surface area contributed by atoms with Crippen LogP contribution in [0.1, 0.15) is 42.5 Å². The second-order valence-electron chi connectivity index (χ2n) is 6.53. The van der Waals surface area contributed by atoms with Gasteiger partial charge in [0.05, 0.1) is 12.5 Å². The second kappa shape index (κ2) is 7.55. The molecule has 2 aromatic rings. The largest absolute Gasteiger partial charge is 0.355 e. The molecule has 0 aliphatic heterocycles. The molecule has 0 saturated heterocycles. The van der Waals surface area contributed by atoms with Crippen LogP contribution in [-0.2, 0) is 30.6 Å². The topological polar surface area (TPSA) is 72.7 Å². The molecule has 0 saturated carbocycles. The van der Waals surface area contributed by atoms with Crippen molar-refractivity contribution in [3.05, 3.63) is 41.2 Å². The third-order valence-electron chi connectivity index (χ3n) is 4.55. The van der Waals surface area contributed by atoms with Gasteiger partial charge in [-0.2, -0.15) is 5.10 Å². The van der Waals surface area contributed by atoms with Crippen molar-refractivity contribution in [3.63, 3.8) is 0 Å². The van der Waals surface area contributed by atoms with E-state index in [0.717, 1.165) is 24.4 Å². The van der Waals surface area contributed by atoms with E-state index in [-0.39, 0.29) is 11.8 Å². The van der Waals surface area contributed by atoms with Gasteiger partial charge in [-0.3, -0.25) is 9.48 Å². The van der Waals surface area contributed by atoms with E-state index in [1.165, 1.54) is 24.1 Å². The molecule has 6 nitrogen and oxygen atoms in total. The van der Waals surface area contributed by atoms with Crippen LogP contribution in [0.5, 0.6) is 0 Å². The van der Waals surface area contributed by atoms with Crippen molar-refractivity contribution < 1.29 is 4.79 Å². The summed E-state index contributed by atoms with van der Waals surface area (Å²) in [6, 6.07) is 1.86. The van der Waals surface area contributed by atoms with Gasteiger partial charge in [0.2, 0.25) is 5.91 Å². The van der Waals surface area contributed by atoms with Gasteiger partial charge in [0.15, 0.2) is 0 Å². The lowest BCUT2D eigenvalue weighted by atomic mass is 9.95. The summed E-state index contributed by atoms with van der Waals surface area (Å²) in [5, 5.41) is 7.12. The lowest BCUT2D eigenvalue weighted by Gasteiger charge is -2.17. The number of hydrogen-bond acceptors (Lipinski definition) is 4. The molecule has 0 bridgehead atoms. The predicted octanol–water partition coefficient (Wildman–Crippen LogP) is 1.86. The molecule has 1 amide bonds. The van der Waals surface area contributed by atoms with Crippen molar-refractivity contribution in [2.45, 2.75) is 52.5 Å². The number of aryl methyl sites for hydroxylation is 2. The highest BCUT2D eigenvalue weighted by molar-refractivity contribution is 5.78. The molecule has 6 heteroatoms. The minimum atomic E-state index is -0.115. The van der Waals surface area contributed by atoms with E-state index in [1.807, 2.05) is 19.2 Å². The number of carbonyl (C=O) groups is 1. The zero-order chi connectivity index (χ0) is 16.9. The van der Waals surface area contributed by atoms with E-state index in [4.69, 9.17) is 4.98 Å². The van der Waals surface area contributed by atoms with Gasteiger partial charge < -0.3 is 5.32 Å². The third kappa shape index (κ3) is 3.99. The molecule has 0 radical (unpaired) electrons. The smallest absolute Gasteiger partial charge is 0.224 e. The normalized spacial score (nSPS) is 14.9. The fourth-order valence-electron chi connectivity index (χ4n) is 3.20. The van der Waals surface area contributed by atoms with Gasteiger partial charge in [0, 0.05) is 36.7 Å². The predicted molar refractivity (Wildman–Crippen MR) is 91.5 cm³/mol. The maximum atomic E-state index is 12.2. The molecule has 0 unspecified atom stereocenters. The molecule has 1 aliphatic rings. The Morgan fingerprint density at radius 1 is 1.33 bits per heavy atom. The highest BCUT2D eigenvalue weighted by Crippen LogP contribution is 2.21. The number of rotatable bonds is 6. The third-order valence-corrected chi connectivity index (χ3v) is 4.55. The molecule has 24 heavy (non-hydrogen) atoms. The van der Waals surface area contributed by atoms with Crippen molar-refractivity contribution in [2.24, 2.45) is 5.92 Å². The number of nitrogens with zero attached hydrogens (tertiary/aromatic N) is 4. The molecule has 128 valence electrons. The van der Waals surface area contributed by atoms with Crippen molar-refractivity contribution in [1.82, 2.24) is 25.1 Å². The molecule has 0 spiro atoms. The summed E-state index contributed by atoms with van der Waals surface area (Å²) in [5.41, 5.74) is 3.65. The van der Waals surface area contributed by atoms with Crippen LogP contribution in [0.4, 0.5) is 0 Å². The van der Waals surface area contributed by atoms with Gasteiger partial charge in [0.25, 0.3) is 0 Å². The molecule has 0 fully saturated rings. The summed E-state index contributed by atoms with van der Waals surface area (Å²) in [7, 11) is 0. The van der Waals surface area contributed by atoms with E-state index < -0.39 is 0 Å². The lowest BCUT2D eigenvalue weighted by Crippen LogP contribution is -2.33. The Morgan fingerprint density at radius 3 is 2.96 bits per heavy atom. The van der Waals surface area contributed by atoms with Gasteiger partial charge in [0.1, 0.15) is 5.82 Å². The van der Waals surface area contributed by atoms with Crippen LogP contribution in [-0.4, -0.2) is 32.2 Å². The molecular weight excluding hydrogens is 302 g/mol. The van der Waals surface area contributed by atoms with Crippen LogP contribution >= 0.6 is 0 Å². The van der Waals surface area contributed by atoms with Crippen molar-refractivity contribution in [3.8, 4) is 0 Å². The quantitative estimate of drug-likeness (QED) is 0.879. The Balaban J connectivity index is 1.51. The number of aromatic nitrogens is 4. The zero-order valence-electron chi connectivity index (χ0n) is 14.5. The van der Waals surface area contributed by atoms with Gasteiger partial charge >= 0.3 is 0 Å². The fraction of sp³-hybridized carbons (Fsp3) is 0.556. The monoisotopic (exact) mass is 327 g/mol. The number of nitrogens with one attached hydrogen (secondary N) is 1. The number of amides is 1. The average molecular weight is 327 g/mol. The van der Waals surface area contributed by atoms with Crippen LogP contribution in [0.15, 0.2) is 18.5 Å². The Morgan fingerprint density at radius 2 is 2.17 bits per heavy atom. The molecule has 0 aromatic carbocycles. The molecule has 2 heterocycles. The first kappa shape index (κ1) is 16.6. The maximum absolute atomic E-state index is 12.2. The fourth-order valence-corrected chi connectivity index (χ4v) is 3.20. The van der Waals surface area contributed by atoms with Crippen LogP contribution in [0.25, 0.3) is 0 Å². The van der Waals surface area contributed by atoms with Crippen LogP contribution < -0.4 is 5.32 Å². The number of hydrogen-bond donors (Lipinski definition) is 1. The van der Waals surface area contributed by atoms with Crippen LogP contribution in [0.2, 0.25) is 0 Å². The van der Waals surface area contributed by atoms with Gasteiger partial charge in [-0.15, -0.1) is 0 Å². The Kier molecular flexibility index (Phi) is 5.23. The first-order chi connectivity index (χ1) is 11.6. The average Bonchev–Trinajstić information content (AvgIpc) is 3.08. The van der Waals surface area contributed by atoms with E-state index in [1.54, 1.807) is 10.9 Å². The minimum absolute atomic E-state index is 0.0418. The molecule has 1 N–H and O–H groups in total. The van der Waals surface area contributed by atoms with E-state index >= 15 is 0 Å². The summed E-state index contributed by atoms with van der Waals surface area (Å²) in [6.07, 6.45) is 8.87. The summed E-state index contributed by atoms with van der Waals surface area (Å²) < 4.78 is 1.78. The van der Waals surface area contributed by atoms with E-state index in [2.05, 4.69) is 22.3 Å². The van der Waals surface area contributed by atoms with Crippen LogP contribution in [0.3, 0.4) is 0 Å². The van der Waals surface area contributed by atoms with E-state index in [0.29, 0.717) is 19.5 Å². The Bertz CT molecular complexity index is 696. The highest BCUT2D eigenvalue weighted by atomic mass is 16.1. The first-order valence-electron chi connectivity index (χ1n) is 8.74. The Labute approximate surface area is 142 Å². The van der Waals surface area contributed by atoms with Gasteiger partial charge in [-0.1, -0.05) is 6.92 Å². The highest BCUT2D eigenvalue weighted by Gasteiger charge is 2.16. The molecule has 1 aliphatic carbocycles. The summed E-state index contributed by atoms with van der Waals surface area (Å²) >= 11 is 0. The standard InChI is InChI=1S/C18H25N5O/c1-13(12-23-11-5-9-20-23)18(24)19-10-8-17-21-14(2)15-6-3-4-7-16(15)22-17/h5,9,11,13H,3-4,6-8,10,12H2,1-2H3,(H,19,24)/t13-/m0/s1. The second-order valence-corrected chi connectivity index (χ2v) is 6.53. The lowest BCUT2D eigenvalue weighted by molar-refractivity contribution is -0.124. The van der Waals surface area contributed by atoms with Crippen LogP contribution in [0, 0.1) is 12.8 Å². The number of carbonyl (C=O) groups excluding carboxylic acids is 1. The number of fused-ring (bicyclic) bond motifs is 1. The maximum Gasteiger partial charge on any atom is 0.224 e. The Hall–Kier alpha value is -2.24. The van der Waals surface area contributed by atoms with Crippen molar-refractivity contribution in [1.29, 1.82) is 0 Å². The molecule has 3 rings (SSSR count). The zero-order valence-corrected chi connectivity index (χ0v) is 14.5. The summed E-state index contributed by atoms with van der Waals surface area (Å²) in [4.78, 5) is 21.5. The van der Waals surface area contributed by atoms with Crippen molar-refractivity contribution in [2.75, 3.05) is 6.54 Å².